The summed E-state index contributed by atoms with van der Waals surface area (Å²) in [5.41, 5.74) is 3.12. The van der Waals surface area contributed by atoms with Crippen molar-refractivity contribution in [3.63, 3.8) is 0 Å². The molecular formula is C15H30N2. The van der Waals surface area contributed by atoms with Crippen LogP contribution >= 0.6 is 0 Å². The third-order valence-electron chi connectivity index (χ3n) is 5.54. The first-order valence-electron chi connectivity index (χ1n) is 7.72. The molecule has 2 nitrogen and oxygen atoms in total. The van der Waals surface area contributed by atoms with Gasteiger partial charge in [-0.15, -0.1) is 0 Å². The van der Waals surface area contributed by atoms with Gasteiger partial charge >= 0.3 is 0 Å². The molecular weight excluding hydrogens is 208 g/mol. The molecule has 0 saturated heterocycles. The SMILES string of the molecule is CCC(C)C(NN)C1CCC2CCCCC2C1. The summed E-state index contributed by atoms with van der Waals surface area (Å²) < 4.78 is 0. The highest BCUT2D eigenvalue weighted by Crippen LogP contribution is 2.44. The van der Waals surface area contributed by atoms with Gasteiger partial charge < -0.3 is 0 Å². The Labute approximate surface area is 107 Å². The van der Waals surface area contributed by atoms with Gasteiger partial charge in [-0.25, -0.2) is 0 Å². The van der Waals surface area contributed by atoms with Gasteiger partial charge in [0.05, 0.1) is 0 Å². The predicted molar refractivity (Wildman–Crippen MR) is 73.4 cm³/mol. The van der Waals surface area contributed by atoms with E-state index in [-0.39, 0.29) is 0 Å². The molecule has 5 atom stereocenters. The minimum atomic E-state index is 0.544. The fourth-order valence-electron chi connectivity index (χ4n) is 4.25. The second-order valence-electron chi connectivity index (χ2n) is 6.46. The Bertz CT molecular complexity index is 229. The van der Waals surface area contributed by atoms with E-state index in [1.54, 1.807) is 0 Å². The molecule has 0 aromatic carbocycles. The van der Waals surface area contributed by atoms with Crippen LogP contribution in [0.1, 0.15) is 65.2 Å². The smallest absolute Gasteiger partial charge is 0.0264 e. The first-order valence-corrected chi connectivity index (χ1v) is 7.72. The number of fused-ring (bicyclic) bond motifs is 1. The third-order valence-corrected chi connectivity index (χ3v) is 5.54. The predicted octanol–water partition coefficient (Wildman–Crippen LogP) is 3.47. The summed E-state index contributed by atoms with van der Waals surface area (Å²) in [5.74, 6) is 9.41. The van der Waals surface area contributed by atoms with Crippen LogP contribution < -0.4 is 11.3 Å². The lowest BCUT2D eigenvalue weighted by Crippen LogP contribution is -2.47. The second kappa shape index (κ2) is 6.19. The fourth-order valence-corrected chi connectivity index (χ4v) is 4.25. The molecule has 0 heterocycles. The summed E-state index contributed by atoms with van der Waals surface area (Å²) >= 11 is 0. The van der Waals surface area contributed by atoms with E-state index in [0.717, 1.165) is 17.8 Å². The highest BCUT2D eigenvalue weighted by atomic mass is 15.2. The normalized spacial score (nSPS) is 37.2. The first kappa shape index (κ1) is 13.4. The van der Waals surface area contributed by atoms with Crippen LogP contribution in [0.15, 0.2) is 0 Å². The van der Waals surface area contributed by atoms with Gasteiger partial charge in [0.1, 0.15) is 0 Å². The molecule has 0 radical (unpaired) electrons. The van der Waals surface area contributed by atoms with Crippen LogP contribution in [0.3, 0.4) is 0 Å². The van der Waals surface area contributed by atoms with Crippen molar-refractivity contribution < 1.29 is 0 Å². The van der Waals surface area contributed by atoms with Crippen molar-refractivity contribution in [3.05, 3.63) is 0 Å². The van der Waals surface area contributed by atoms with E-state index in [9.17, 15) is 0 Å². The van der Waals surface area contributed by atoms with E-state index >= 15 is 0 Å². The molecule has 0 bridgehead atoms. The Kier molecular flexibility index (Phi) is 4.87. The standard InChI is InChI=1S/C15H30N2/c1-3-11(2)15(17-16)14-9-8-12-6-4-5-7-13(12)10-14/h11-15,17H,3-10,16H2,1-2H3. The molecule has 0 aromatic rings. The van der Waals surface area contributed by atoms with Crippen LogP contribution in [0.2, 0.25) is 0 Å². The van der Waals surface area contributed by atoms with Gasteiger partial charge in [0, 0.05) is 6.04 Å². The van der Waals surface area contributed by atoms with E-state index in [0.29, 0.717) is 12.0 Å². The van der Waals surface area contributed by atoms with Gasteiger partial charge in [-0.05, 0) is 42.9 Å². The molecule has 0 aliphatic heterocycles. The molecule has 2 aliphatic carbocycles. The maximum atomic E-state index is 5.80. The maximum absolute atomic E-state index is 5.80. The first-order chi connectivity index (χ1) is 8.26. The maximum Gasteiger partial charge on any atom is 0.0264 e. The van der Waals surface area contributed by atoms with Gasteiger partial charge in [0.2, 0.25) is 0 Å². The lowest BCUT2D eigenvalue weighted by atomic mass is 9.65. The largest absolute Gasteiger partial charge is 0.271 e. The zero-order chi connectivity index (χ0) is 12.3. The molecule has 100 valence electrons. The van der Waals surface area contributed by atoms with Crippen molar-refractivity contribution >= 4 is 0 Å². The summed E-state index contributed by atoms with van der Waals surface area (Å²) in [6.45, 7) is 4.62. The van der Waals surface area contributed by atoms with Crippen LogP contribution in [0, 0.1) is 23.7 Å². The van der Waals surface area contributed by atoms with Gasteiger partial charge in [-0.1, -0.05) is 46.0 Å². The van der Waals surface area contributed by atoms with Crippen LogP contribution in [0.25, 0.3) is 0 Å². The minimum Gasteiger partial charge on any atom is -0.271 e. The number of hydrazine groups is 1. The van der Waals surface area contributed by atoms with Crippen molar-refractivity contribution in [1.29, 1.82) is 0 Å². The van der Waals surface area contributed by atoms with Crippen molar-refractivity contribution in [2.24, 2.45) is 29.5 Å². The van der Waals surface area contributed by atoms with Crippen LogP contribution in [0.4, 0.5) is 0 Å². The quantitative estimate of drug-likeness (QED) is 0.581. The highest BCUT2D eigenvalue weighted by Gasteiger charge is 2.36. The van der Waals surface area contributed by atoms with Gasteiger partial charge in [0.15, 0.2) is 0 Å². The fraction of sp³-hybridized carbons (Fsp3) is 1.00. The molecule has 17 heavy (non-hydrogen) atoms. The molecule has 0 aromatic heterocycles. The van der Waals surface area contributed by atoms with E-state index in [4.69, 9.17) is 5.84 Å². The molecule has 2 heteroatoms. The van der Waals surface area contributed by atoms with E-state index < -0.39 is 0 Å². The van der Waals surface area contributed by atoms with Crippen molar-refractivity contribution in [3.8, 4) is 0 Å². The van der Waals surface area contributed by atoms with Crippen LogP contribution in [-0.2, 0) is 0 Å². The second-order valence-corrected chi connectivity index (χ2v) is 6.46. The van der Waals surface area contributed by atoms with E-state index in [2.05, 4.69) is 19.3 Å². The Morgan fingerprint density at radius 2 is 1.82 bits per heavy atom. The number of hydrogen-bond donors (Lipinski definition) is 2. The molecule has 5 unspecified atom stereocenters. The van der Waals surface area contributed by atoms with Gasteiger partial charge in [-0.3, -0.25) is 11.3 Å². The molecule has 3 N–H and O–H groups in total. The van der Waals surface area contributed by atoms with Crippen molar-refractivity contribution in [2.75, 3.05) is 0 Å². The summed E-state index contributed by atoms with van der Waals surface area (Å²) in [4.78, 5) is 0. The Hall–Kier alpha value is -0.0800. The summed E-state index contributed by atoms with van der Waals surface area (Å²) in [5, 5.41) is 0. The molecule has 2 rings (SSSR count). The van der Waals surface area contributed by atoms with E-state index in [1.807, 2.05) is 0 Å². The third kappa shape index (κ3) is 3.03. The van der Waals surface area contributed by atoms with Gasteiger partial charge in [-0.2, -0.15) is 0 Å². The van der Waals surface area contributed by atoms with Crippen molar-refractivity contribution in [1.82, 2.24) is 5.43 Å². The lowest BCUT2D eigenvalue weighted by Gasteiger charge is -2.43. The number of nitrogens with one attached hydrogen (secondary N) is 1. The Balaban J connectivity index is 1.93. The average molecular weight is 238 g/mol. The average Bonchev–Trinajstić information content (AvgIpc) is 2.39. The van der Waals surface area contributed by atoms with Crippen LogP contribution in [0.5, 0.6) is 0 Å². The number of nitrogens with two attached hydrogens (primary N) is 1. The molecule has 0 spiro atoms. The minimum absolute atomic E-state index is 0.544. The molecule has 0 amide bonds. The van der Waals surface area contributed by atoms with Crippen molar-refractivity contribution in [2.45, 2.75) is 71.3 Å². The molecule has 2 aliphatic rings. The zero-order valence-corrected chi connectivity index (χ0v) is 11.6. The Morgan fingerprint density at radius 1 is 1.12 bits per heavy atom. The zero-order valence-electron chi connectivity index (χ0n) is 11.6. The van der Waals surface area contributed by atoms with E-state index in [1.165, 1.54) is 51.4 Å². The monoisotopic (exact) mass is 238 g/mol. The molecule has 2 saturated carbocycles. The summed E-state index contributed by atoms with van der Waals surface area (Å²) in [6, 6.07) is 0.544. The number of rotatable bonds is 4. The summed E-state index contributed by atoms with van der Waals surface area (Å²) in [6.07, 6.45) is 11.5. The highest BCUT2D eigenvalue weighted by molar-refractivity contribution is 4.89. The Morgan fingerprint density at radius 3 is 2.47 bits per heavy atom. The topological polar surface area (TPSA) is 38.0 Å². The van der Waals surface area contributed by atoms with Crippen LogP contribution in [-0.4, -0.2) is 6.04 Å². The molecule has 2 fully saturated rings. The summed E-state index contributed by atoms with van der Waals surface area (Å²) in [7, 11) is 0. The van der Waals surface area contributed by atoms with Gasteiger partial charge in [0.25, 0.3) is 0 Å². The number of hydrogen-bond acceptors (Lipinski definition) is 2. The lowest BCUT2D eigenvalue weighted by molar-refractivity contribution is 0.0947.